The Bertz CT molecular complexity index is 404. The summed E-state index contributed by atoms with van der Waals surface area (Å²) < 4.78 is 0. The van der Waals surface area contributed by atoms with Crippen LogP contribution in [0.5, 0.6) is 0 Å². The second-order valence-electron chi connectivity index (χ2n) is 5.02. The van der Waals surface area contributed by atoms with Crippen molar-refractivity contribution in [3.8, 4) is 0 Å². The number of nitrogens with zero attached hydrogens (tertiary/aromatic N) is 1. The van der Waals surface area contributed by atoms with Crippen LogP contribution in [0.1, 0.15) is 31.4 Å². The van der Waals surface area contributed by atoms with Crippen LogP contribution in [0, 0.1) is 5.92 Å². The highest BCUT2D eigenvalue weighted by molar-refractivity contribution is 5.79. The molecule has 0 radical (unpaired) electrons. The number of fused-ring (bicyclic) bond motifs is 1. The summed E-state index contributed by atoms with van der Waals surface area (Å²) in [6.45, 7) is 9.83. The van der Waals surface area contributed by atoms with E-state index in [2.05, 4.69) is 50.6 Å². The molecule has 86 valence electrons. The van der Waals surface area contributed by atoms with Gasteiger partial charge in [0.25, 0.3) is 0 Å². The molecule has 0 unspecified atom stereocenters. The van der Waals surface area contributed by atoms with Crippen molar-refractivity contribution in [2.24, 2.45) is 5.92 Å². The van der Waals surface area contributed by atoms with Crippen LogP contribution in [0.4, 0.5) is 5.69 Å². The Labute approximate surface area is 98.8 Å². The average molecular weight is 215 g/mol. The number of rotatable bonds is 2. The van der Waals surface area contributed by atoms with Gasteiger partial charge in [0, 0.05) is 24.8 Å². The summed E-state index contributed by atoms with van der Waals surface area (Å²) in [6.07, 6.45) is 2.47. The van der Waals surface area contributed by atoms with Crippen molar-refractivity contribution >= 4 is 11.3 Å². The second kappa shape index (κ2) is 4.32. The van der Waals surface area contributed by atoms with Crippen LogP contribution < -0.4 is 4.90 Å². The number of allylic oxidation sites excluding steroid dienone is 1. The lowest BCUT2D eigenvalue weighted by atomic mass is 9.90. The second-order valence-corrected chi connectivity index (χ2v) is 5.02. The van der Waals surface area contributed by atoms with E-state index in [1.54, 1.807) is 0 Å². The Kier molecular flexibility index (Phi) is 3.04. The summed E-state index contributed by atoms with van der Waals surface area (Å²) in [5, 5.41) is 0. The monoisotopic (exact) mass is 215 g/mol. The molecular formula is C15H21N. The SMILES string of the molecule is C=C(c1cccc2c1N(C)CCC2)C(C)C. The minimum absolute atomic E-state index is 0.516. The van der Waals surface area contributed by atoms with E-state index in [1.165, 1.54) is 35.2 Å². The molecule has 2 rings (SSSR count). The highest BCUT2D eigenvalue weighted by atomic mass is 15.1. The smallest absolute Gasteiger partial charge is 0.0472 e. The Morgan fingerprint density at radius 2 is 2.12 bits per heavy atom. The van der Waals surface area contributed by atoms with Crippen LogP contribution in [0.15, 0.2) is 24.8 Å². The fraction of sp³-hybridized carbons (Fsp3) is 0.467. The predicted molar refractivity (Wildman–Crippen MR) is 71.9 cm³/mol. The first kappa shape index (κ1) is 11.3. The predicted octanol–water partition coefficient (Wildman–Crippen LogP) is 3.74. The molecule has 1 aliphatic rings. The molecular weight excluding hydrogens is 194 g/mol. The molecule has 0 atom stereocenters. The lowest BCUT2D eigenvalue weighted by molar-refractivity contribution is 0.741. The summed E-state index contributed by atoms with van der Waals surface area (Å²) in [4.78, 5) is 2.38. The lowest BCUT2D eigenvalue weighted by Gasteiger charge is -2.31. The quantitative estimate of drug-likeness (QED) is 0.726. The van der Waals surface area contributed by atoms with Gasteiger partial charge in [-0.2, -0.15) is 0 Å². The van der Waals surface area contributed by atoms with E-state index < -0.39 is 0 Å². The average Bonchev–Trinajstić information content (AvgIpc) is 2.27. The minimum atomic E-state index is 0.516. The fourth-order valence-electron chi connectivity index (χ4n) is 2.43. The number of hydrogen-bond acceptors (Lipinski definition) is 1. The van der Waals surface area contributed by atoms with E-state index in [1.807, 2.05) is 0 Å². The van der Waals surface area contributed by atoms with Gasteiger partial charge in [-0.15, -0.1) is 0 Å². The zero-order chi connectivity index (χ0) is 11.7. The number of para-hydroxylation sites is 1. The Morgan fingerprint density at radius 3 is 2.81 bits per heavy atom. The Morgan fingerprint density at radius 1 is 1.38 bits per heavy atom. The summed E-state index contributed by atoms with van der Waals surface area (Å²) in [5.41, 5.74) is 5.49. The van der Waals surface area contributed by atoms with Gasteiger partial charge < -0.3 is 4.90 Å². The minimum Gasteiger partial charge on any atom is -0.374 e. The third-order valence-corrected chi connectivity index (χ3v) is 3.48. The molecule has 0 spiro atoms. The molecule has 0 aromatic heterocycles. The number of hydrogen-bond donors (Lipinski definition) is 0. The van der Waals surface area contributed by atoms with E-state index in [-0.39, 0.29) is 0 Å². The van der Waals surface area contributed by atoms with Crippen molar-refractivity contribution in [3.63, 3.8) is 0 Å². The Balaban J connectivity index is 2.50. The summed E-state index contributed by atoms with van der Waals surface area (Å²) in [5.74, 6) is 0.516. The number of benzene rings is 1. The molecule has 1 aromatic rings. The van der Waals surface area contributed by atoms with E-state index in [9.17, 15) is 0 Å². The maximum absolute atomic E-state index is 4.24. The van der Waals surface area contributed by atoms with Crippen LogP contribution in [0.2, 0.25) is 0 Å². The van der Waals surface area contributed by atoms with Crippen molar-refractivity contribution < 1.29 is 0 Å². The van der Waals surface area contributed by atoms with Gasteiger partial charge in [-0.05, 0) is 29.9 Å². The van der Waals surface area contributed by atoms with Crippen LogP contribution in [-0.2, 0) is 6.42 Å². The molecule has 0 fully saturated rings. The van der Waals surface area contributed by atoms with Gasteiger partial charge in [-0.25, -0.2) is 0 Å². The first-order valence-electron chi connectivity index (χ1n) is 6.13. The zero-order valence-electron chi connectivity index (χ0n) is 10.6. The topological polar surface area (TPSA) is 3.24 Å². The zero-order valence-corrected chi connectivity index (χ0v) is 10.6. The van der Waals surface area contributed by atoms with Gasteiger partial charge in [0.1, 0.15) is 0 Å². The van der Waals surface area contributed by atoms with E-state index in [4.69, 9.17) is 0 Å². The van der Waals surface area contributed by atoms with Gasteiger partial charge in [0.15, 0.2) is 0 Å². The molecule has 0 aliphatic carbocycles. The third kappa shape index (κ3) is 1.87. The van der Waals surface area contributed by atoms with E-state index in [0.717, 1.165) is 6.54 Å². The van der Waals surface area contributed by atoms with Crippen LogP contribution >= 0.6 is 0 Å². The first-order valence-corrected chi connectivity index (χ1v) is 6.13. The molecule has 0 amide bonds. The number of anilines is 1. The molecule has 1 aliphatic heterocycles. The standard InChI is InChI=1S/C15H21N/c1-11(2)12(3)14-9-5-7-13-8-6-10-16(4)15(13)14/h5,7,9,11H,3,6,8,10H2,1-2,4H3. The number of aryl methyl sites for hydroxylation is 1. The normalized spacial score (nSPS) is 15.1. The van der Waals surface area contributed by atoms with Crippen molar-refractivity contribution in [2.75, 3.05) is 18.5 Å². The van der Waals surface area contributed by atoms with Gasteiger partial charge in [0.2, 0.25) is 0 Å². The van der Waals surface area contributed by atoms with E-state index in [0.29, 0.717) is 5.92 Å². The Hall–Kier alpha value is -1.24. The maximum atomic E-state index is 4.24. The van der Waals surface area contributed by atoms with Crippen LogP contribution in [0.3, 0.4) is 0 Å². The molecule has 0 saturated carbocycles. The van der Waals surface area contributed by atoms with Crippen molar-refractivity contribution in [1.29, 1.82) is 0 Å². The largest absolute Gasteiger partial charge is 0.374 e. The molecule has 16 heavy (non-hydrogen) atoms. The van der Waals surface area contributed by atoms with Gasteiger partial charge >= 0.3 is 0 Å². The van der Waals surface area contributed by atoms with Gasteiger partial charge in [-0.1, -0.05) is 38.6 Å². The summed E-state index contributed by atoms with van der Waals surface area (Å²) >= 11 is 0. The van der Waals surface area contributed by atoms with Gasteiger partial charge in [-0.3, -0.25) is 0 Å². The molecule has 1 heteroatoms. The first-order chi connectivity index (χ1) is 7.61. The van der Waals surface area contributed by atoms with E-state index >= 15 is 0 Å². The molecule has 1 aromatic carbocycles. The molecule has 0 saturated heterocycles. The fourth-order valence-corrected chi connectivity index (χ4v) is 2.43. The summed E-state index contributed by atoms with van der Waals surface area (Å²) in [6, 6.07) is 6.63. The lowest BCUT2D eigenvalue weighted by Crippen LogP contribution is -2.26. The molecule has 1 heterocycles. The molecule has 1 nitrogen and oxygen atoms in total. The van der Waals surface area contributed by atoms with Crippen molar-refractivity contribution in [2.45, 2.75) is 26.7 Å². The highest BCUT2D eigenvalue weighted by Crippen LogP contribution is 2.35. The van der Waals surface area contributed by atoms with Crippen molar-refractivity contribution in [1.82, 2.24) is 0 Å². The van der Waals surface area contributed by atoms with Gasteiger partial charge in [0.05, 0.1) is 0 Å². The highest BCUT2D eigenvalue weighted by Gasteiger charge is 2.19. The maximum Gasteiger partial charge on any atom is 0.0472 e. The summed E-state index contributed by atoms with van der Waals surface area (Å²) in [7, 11) is 2.19. The molecule has 0 bridgehead atoms. The van der Waals surface area contributed by atoms with Crippen LogP contribution in [0.25, 0.3) is 5.57 Å². The van der Waals surface area contributed by atoms with Crippen molar-refractivity contribution in [3.05, 3.63) is 35.9 Å². The molecule has 0 N–H and O–H groups in total. The third-order valence-electron chi connectivity index (χ3n) is 3.48. The van der Waals surface area contributed by atoms with Crippen LogP contribution in [-0.4, -0.2) is 13.6 Å².